The predicted octanol–water partition coefficient (Wildman–Crippen LogP) is 2.98. The molecule has 0 N–H and O–H groups in total. The summed E-state index contributed by atoms with van der Waals surface area (Å²) >= 11 is 6.04. The first-order chi connectivity index (χ1) is 10.9. The number of hydrogen-bond donors (Lipinski definition) is 0. The van der Waals surface area contributed by atoms with E-state index in [4.69, 9.17) is 11.6 Å². The van der Waals surface area contributed by atoms with Crippen LogP contribution in [0.5, 0.6) is 0 Å². The molecule has 2 aliphatic rings. The molecule has 1 aromatic rings. The van der Waals surface area contributed by atoms with Gasteiger partial charge in [-0.25, -0.2) is 12.7 Å². The summed E-state index contributed by atoms with van der Waals surface area (Å²) in [6.07, 6.45) is 3.80. The predicted molar refractivity (Wildman–Crippen MR) is 94.0 cm³/mol. The van der Waals surface area contributed by atoms with Crippen LogP contribution >= 0.6 is 11.6 Å². The number of nitrogens with zero attached hydrogens (tertiary/aromatic N) is 2. The van der Waals surface area contributed by atoms with Gasteiger partial charge in [-0.15, -0.1) is 0 Å². The summed E-state index contributed by atoms with van der Waals surface area (Å²) in [5.74, 6) is 0.476. The highest BCUT2D eigenvalue weighted by Crippen LogP contribution is 2.31. The van der Waals surface area contributed by atoms with Crippen LogP contribution in [0.15, 0.2) is 24.3 Å². The molecule has 23 heavy (non-hydrogen) atoms. The number of piperidine rings is 1. The molecule has 1 saturated carbocycles. The van der Waals surface area contributed by atoms with Crippen LogP contribution in [0.3, 0.4) is 0 Å². The van der Waals surface area contributed by atoms with Gasteiger partial charge in [0.25, 0.3) is 0 Å². The molecular formula is C17H25ClN2O2S. The highest BCUT2D eigenvalue weighted by atomic mass is 35.5. The number of hydrogen-bond acceptors (Lipinski definition) is 3. The van der Waals surface area contributed by atoms with E-state index < -0.39 is 10.0 Å². The second-order valence-corrected chi connectivity index (χ2v) is 9.63. The minimum atomic E-state index is -3.03. The van der Waals surface area contributed by atoms with Gasteiger partial charge in [0.2, 0.25) is 10.0 Å². The molecule has 128 valence electrons. The highest BCUT2D eigenvalue weighted by Gasteiger charge is 2.39. The Hall–Kier alpha value is -0.620. The number of halogens is 1. The molecule has 0 atom stereocenters. The Kier molecular flexibility index (Phi) is 5.31. The Morgan fingerprint density at radius 1 is 1.22 bits per heavy atom. The molecule has 0 bridgehead atoms. The Labute approximate surface area is 144 Å². The Bertz CT molecular complexity index is 638. The van der Waals surface area contributed by atoms with Gasteiger partial charge in [0.1, 0.15) is 0 Å². The number of rotatable bonds is 6. The van der Waals surface area contributed by atoms with E-state index >= 15 is 0 Å². The van der Waals surface area contributed by atoms with Crippen LogP contribution in [-0.4, -0.2) is 49.6 Å². The summed E-state index contributed by atoms with van der Waals surface area (Å²) < 4.78 is 26.0. The first-order valence-electron chi connectivity index (χ1n) is 8.37. The summed E-state index contributed by atoms with van der Waals surface area (Å²) in [5, 5.41) is 0.680. The molecule has 0 radical (unpaired) electrons. The fraction of sp³-hybridized carbons (Fsp3) is 0.647. The van der Waals surface area contributed by atoms with Crippen LogP contribution in [0.4, 0.5) is 0 Å². The SMILES string of the molecule is CN(CC1CCN(Cc2cccc(Cl)c2)CC1)S(=O)(=O)C1CC1. The van der Waals surface area contributed by atoms with E-state index in [1.807, 2.05) is 18.2 Å². The molecular weight excluding hydrogens is 332 g/mol. The van der Waals surface area contributed by atoms with Crippen molar-refractivity contribution in [2.24, 2.45) is 5.92 Å². The maximum absolute atomic E-state index is 12.2. The molecule has 1 heterocycles. The fourth-order valence-corrected chi connectivity index (χ4v) is 5.18. The lowest BCUT2D eigenvalue weighted by molar-refractivity contribution is 0.166. The van der Waals surface area contributed by atoms with Crippen molar-refractivity contribution in [3.8, 4) is 0 Å². The quantitative estimate of drug-likeness (QED) is 0.786. The maximum atomic E-state index is 12.2. The molecule has 1 aliphatic carbocycles. The van der Waals surface area contributed by atoms with E-state index in [0.29, 0.717) is 12.5 Å². The lowest BCUT2D eigenvalue weighted by Gasteiger charge is -2.33. The Morgan fingerprint density at radius 2 is 1.91 bits per heavy atom. The normalized spacial score (nSPS) is 21.0. The van der Waals surface area contributed by atoms with E-state index in [1.165, 1.54) is 5.56 Å². The standard InChI is InChI=1S/C17H25ClN2O2S/c1-19(23(21,22)17-5-6-17)12-14-7-9-20(10-8-14)13-15-3-2-4-16(18)11-15/h2-4,11,14,17H,5-10,12-13H2,1H3. The summed E-state index contributed by atoms with van der Waals surface area (Å²) in [7, 11) is -1.28. The summed E-state index contributed by atoms with van der Waals surface area (Å²) in [4.78, 5) is 2.43. The summed E-state index contributed by atoms with van der Waals surface area (Å²) in [6.45, 7) is 3.64. The van der Waals surface area contributed by atoms with Crippen molar-refractivity contribution in [2.45, 2.75) is 37.5 Å². The van der Waals surface area contributed by atoms with Crippen LogP contribution in [0.2, 0.25) is 5.02 Å². The van der Waals surface area contributed by atoms with E-state index in [2.05, 4.69) is 11.0 Å². The largest absolute Gasteiger partial charge is 0.299 e. The van der Waals surface area contributed by atoms with Gasteiger partial charge in [0, 0.05) is 25.2 Å². The highest BCUT2D eigenvalue weighted by molar-refractivity contribution is 7.90. The monoisotopic (exact) mass is 356 g/mol. The smallest absolute Gasteiger partial charge is 0.216 e. The van der Waals surface area contributed by atoms with E-state index in [1.54, 1.807) is 11.4 Å². The van der Waals surface area contributed by atoms with Gasteiger partial charge in [0.05, 0.1) is 5.25 Å². The molecule has 1 aromatic carbocycles. The van der Waals surface area contributed by atoms with Crippen molar-refractivity contribution >= 4 is 21.6 Å². The molecule has 1 saturated heterocycles. The van der Waals surface area contributed by atoms with Gasteiger partial charge < -0.3 is 0 Å². The number of benzene rings is 1. The van der Waals surface area contributed by atoms with Gasteiger partial charge in [-0.05, 0) is 62.4 Å². The molecule has 0 aromatic heterocycles. The van der Waals surface area contributed by atoms with Crippen molar-refractivity contribution in [3.63, 3.8) is 0 Å². The van der Waals surface area contributed by atoms with Crippen LogP contribution in [0.1, 0.15) is 31.2 Å². The van der Waals surface area contributed by atoms with Crippen LogP contribution in [0, 0.1) is 5.92 Å². The Morgan fingerprint density at radius 3 is 2.52 bits per heavy atom. The molecule has 0 amide bonds. The second kappa shape index (κ2) is 7.09. The third kappa shape index (κ3) is 4.47. The number of sulfonamides is 1. The van der Waals surface area contributed by atoms with Crippen molar-refractivity contribution in [3.05, 3.63) is 34.9 Å². The zero-order valence-electron chi connectivity index (χ0n) is 13.6. The van der Waals surface area contributed by atoms with Crippen molar-refractivity contribution in [2.75, 3.05) is 26.7 Å². The van der Waals surface area contributed by atoms with Gasteiger partial charge in [-0.3, -0.25) is 4.90 Å². The molecule has 6 heteroatoms. The van der Waals surface area contributed by atoms with Crippen molar-refractivity contribution in [1.82, 2.24) is 9.21 Å². The van der Waals surface area contributed by atoms with Crippen molar-refractivity contribution in [1.29, 1.82) is 0 Å². The first-order valence-corrected chi connectivity index (χ1v) is 10.3. The van der Waals surface area contributed by atoms with Crippen LogP contribution in [0.25, 0.3) is 0 Å². The maximum Gasteiger partial charge on any atom is 0.216 e. The van der Waals surface area contributed by atoms with Gasteiger partial charge in [-0.2, -0.15) is 0 Å². The molecule has 2 fully saturated rings. The van der Waals surface area contributed by atoms with Crippen LogP contribution in [-0.2, 0) is 16.6 Å². The average molecular weight is 357 g/mol. The lowest BCUT2D eigenvalue weighted by Crippen LogP contribution is -2.40. The number of likely N-dealkylation sites (tertiary alicyclic amines) is 1. The molecule has 0 unspecified atom stereocenters. The van der Waals surface area contributed by atoms with Crippen LogP contribution < -0.4 is 0 Å². The van der Waals surface area contributed by atoms with E-state index in [0.717, 1.165) is 50.3 Å². The van der Waals surface area contributed by atoms with E-state index in [-0.39, 0.29) is 5.25 Å². The van der Waals surface area contributed by atoms with Crippen molar-refractivity contribution < 1.29 is 8.42 Å². The van der Waals surface area contributed by atoms with Gasteiger partial charge >= 0.3 is 0 Å². The first kappa shape index (κ1) is 17.2. The third-order valence-electron chi connectivity index (χ3n) is 4.90. The average Bonchev–Trinajstić information content (AvgIpc) is 3.34. The summed E-state index contributed by atoms with van der Waals surface area (Å²) in [6, 6.07) is 8.01. The zero-order valence-corrected chi connectivity index (χ0v) is 15.2. The van der Waals surface area contributed by atoms with Gasteiger partial charge in [-0.1, -0.05) is 23.7 Å². The van der Waals surface area contributed by atoms with Gasteiger partial charge in [0.15, 0.2) is 0 Å². The third-order valence-corrected chi connectivity index (χ3v) is 7.46. The summed E-state index contributed by atoms with van der Waals surface area (Å²) in [5.41, 5.74) is 1.24. The topological polar surface area (TPSA) is 40.6 Å². The molecule has 0 spiro atoms. The minimum Gasteiger partial charge on any atom is -0.299 e. The zero-order chi connectivity index (χ0) is 16.4. The second-order valence-electron chi connectivity index (χ2n) is 6.87. The molecule has 3 rings (SSSR count). The minimum absolute atomic E-state index is 0.101. The Balaban J connectivity index is 1.47. The van der Waals surface area contributed by atoms with E-state index in [9.17, 15) is 8.42 Å². The lowest BCUT2D eigenvalue weighted by atomic mass is 9.96. The molecule has 4 nitrogen and oxygen atoms in total. The fourth-order valence-electron chi connectivity index (χ4n) is 3.31. The molecule has 1 aliphatic heterocycles.